The molecular formula is C22H19Cl2N9O. The second kappa shape index (κ2) is 9.46. The summed E-state index contributed by atoms with van der Waals surface area (Å²) in [6.45, 7) is 3.85. The number of rotatable bonds is 6. The standard InChI is InChI=1S/C22H19Cl2N9O/c1-11-12(2)33-18(10-27-11)31-32-22(33)16-7-6-13(8-28-16)30-17(19(25)21(26)34)9-29-20-14(23)4-3-5-15(20)24/h3-10,30H,25H2,1-2H3,(H2,26,34). The molecule has 1 aromatic carbocycles. The van der Waals surface area contributed by atoms with E-state index in [1.54, 1.807) is 42.7 Å². The average Bonchev–Trinajstić information content (AvgIpc) is 3.25. The first-order valence-electron chi connectivity index (χ1n) is 9.94. The number of fused-ring (bicyclic) bond motifs is 1. The first-order chi connectivity index (χ1) is 16.3. The highest BCUT2D eigenvalue weighted by atomic mass is 35.5. The SMILES string of the molecule is Cc1ncc2nnc(-c3ccc(NC(C=Nc4c(Cl)cccc4Cl)=C(N)C(N)=O)cn3)n2c1C. The van der Waals surface area contributed by atoms with Crippen molar-refractivity contribution in [2.24, 2.45) is 16.5 Å². The van der Waals surface area contributed by atoms with Gasteiger partial charge in [0.15, 0.2) is 11.5 Å². The minimum Gasteiger partial charge on any atom is -0.393 e. The number of halogens is 2. The van der Waals surface area contributed by atoms with Crippen LogP contribution in [0, 0.1) is 13.8 Å². The van der Waals surface area contributed by atoms with E-state index < -0.39 is 5.91 Å². The number of aryl methyl sites for hydroxylation is 2. The van der Waals surface area contributed by atoms with Crippen molar-refractivity contribution in [1.29, 1.82) is 0 Å². The van der Waals surface area contributed by atoms with E-state index >= 15 is 0 Å². The zero-order valence-electron chi connectivity index (χ0n) is 18.1. The van der Waals surface area contributed by atoms with Gasteiger partial charge in [0.2, 0.25) is 0 Å². The highest BCUT2D eigenvalue weighted by Crippen LogP contribution is 2.32. The van der Waals surface area contributed by atoms with Crippen LogP contribution in [0.3, 0.4) is 0 Å². The Morgan fingerprint density at radius 1 is 1.06 bits per heavy atom. The lowest BCUT2D eigenvalue weighted by atomic mass is 10.2. The summed E-state index contributed by atoms with van der Waals surface area (Å²) in [5.74, 6) is -0.245. The number of primary amides is 1. The number of benzene rings is 1. The molecule has 4 aromatic rings. The van der Waals surface area contributed by atoms with Gasteiger partial charge in [0.05, 0.1) is 45.7 Å². The fourth-order valence-electron chi connectivity index (χ4n) is 3.09. The van der Waals surface area contributed by atoms with E-state index in [1.807, 2.05) is 18.2 Å². The molecule has 0 aliphatic rings. The number of nitrogens with two attached hydrogens (primary N) is 2. The van der Waals surface area contributed by atoms with Gasteiger partial charge in [0.25, 0.3) is 5.91 Å². The summed E-state index contributed by atoms with van der Waals surface area (Å²) in [6, 6.07) is 8.49. The number of aliphatic imine (C=N–C) groups is 1. The average molecular weight is 496 g/mol. The molecule has 0 saturated heterocycles. The number of hydrogen-bond acceptors (Lipinski definition) is 8. The van der Waals surface area contributed by atoms with E-state index in [2.05, 4.69) is 30.5 Å². The van der Waals surface area contributed by atoms with Gasteiger partial charge in [0, 0.05) is 5.69 Å². The number of anilines is 1. The number of amides is 1. The smallest absolute Gasteiger partial charge is 0.266 e. The van der Waals surface area contributed by atoms with Gasteiger partial charge in [-0.15, -0.1) is 10.2 Å². The van der Waals surface area contributed by atoms with Crippen LogP contribution in [0.5, 0.6) is 0 Å². The molecule has 0 radical (unpaired) electrons. The molecule has 1 amide bonds. The van der Waals surface area contributed by atoms with Gasteiger partial charge in [-0.3, -0.25) is 24.2 Å². The Morgan fingerprint density at radius 3 is 2.44 bits per heavy atom. The monoisotopic (exact) mass is 495 g/mol. The molecule has 4 rings (SSSR count). The first-order valence-corrected chi connectivity index (χ1v) is 10.7. The summed E-state index contributed by atoms with van der Waals surface area (Å²) in [4.78, 5) is 24.8. The Bertz CT molecular complexity index is 1440. The van der Waals surface area contributed by atoms with E-state index in [4.69, 9.17) is 34.7 Å². The molecule has 0 aliphatic carbocycles. The van der Waals surface area contributed by atoms with Crippen molar-refractivity contribution in [3.8, 4) is 11.5 Å². The number of nitrogens with zero attached hydrogens (tertiary/aromatic N) is 6. The van der Waals surface area contributed by atoms with Crippen LogP contribution in [-0.2, 0) is 4.79 Å². The normalized spacial score (nSPS) is 12.2. The van der Waals surface area contributed by atoms with Crippen molar-refractivity contribution in [2.45, 2.75) is 13.8 Å². The predicted octanol–water partition coefficient (Wildman–Crippen LogP) is 3.58. The van der Waals surface area contributed by atoms with E-state index in [1.165, 1.54) is 6.21 Å². The molecule has 3 aromatic heterocycles. The van der Waals surface area contributed by atoms with E-state index in [0.29, 0.717) is 38.6 Å². The molecule has 0 bridgehead atoms. The van der Waals surface area contributed by atoms with Crippen LogP contribution in [0.15, 0.2) is 59.1 Å². The van der Waals surface area contributed by atoms with Crippen LogP contribution in [0.4, 0.5) is 11.4 Å². The highest BCUT2D eigenvalue weighted by molar-refractivity contribution is 6.38. The van der Waals surface area contributed by atoms with Gasteiger partial charge in [-0.05, 0) is 38.1 Å². The lowest BCUT2D eigenvalue weighted by Gasteiger charge is -2.10. The Balaban J connectivity index is 1.65. The molecule has 0 fully saturated rings. The first kappa shape index (κ1) is 23.1. The third-order valence-corrected chi connectivity index (χ3v) is 5.62. The molecule has 0 saturated carbocycles. The highest BCUT2D eigenvalue weighted by Gasteiger charge is 2.14. The number of allylic oxidation sites excluding steroid dienone is 1. The van der Waals surface area contributed by atoms with Gasteiger partial charge >= 0.3 is 0 Å². The zero-order chi connectivity index (χ0) is 24.4. The maximum absolute atomic E-state index is 11.7. The van der Waals surface area contributed by atoms with Crippen molar-refractivity contribution < 1.29 is 4.79 Å². The summed E-state index contributed by atoms with van der Waals surface area (Å²) < 4.78 is 1.88. The van der Waals surface area contributed by atoms with Gasteiger partial charge in [0.1, 0.15) is 17.1 Å². The van der Waals surface area contributed by atoms with Gasteiger partial charge in [-0.1, -0.05) is 29.3 Å². The number of hydrogen-bond donors (Lipinski definition) is 3. The van der Waals surface area contributed by atoms with Crippen molar-refractivity contribution in [1.82, 2.24) is 24.6 Å². The summed E-state index contributed by atoms with van der Waals surface area (Å²) in [5, 5.41) is 12.1. The van der Waals surface area contributed by atoms with E-state index in [-0.39, 0.29) is 11.4 Å². The summed E-state index contributed by atoms with van der Waals surface area (Å²) in [6.07, 6.45) is 4.54. The van der Waals surface area contributed by atoms with Gasteiger partial charge < -0.3 is 16.8 Å². The number of pyridine rings is 1. The molecule has 34 heavy (non-hydrogen) atoms. The third-order valence-electron chi connectivity index (χ3n) is 5.01. The quantitative estimate of drug-likeness (QED) is 0.273. The lowest BCUT2D eigenvalue weighted by molar-refractivity contribution is -0.114. The van der Waals surface area contributed by atoms with Crippen molar-refractivity contribution in [3.05, 3.63) is 75.6 Å². The van der Waals surface area contributed by atoms with E-state index in [9.17, 15) is 4.79 Å². The van der Waals surface area contributed by atoms with Crippen LogP contribution in [0.2, 0.25) is 10.0 Å². The third kappa shape index (κ3) is 4.54. The van der Waals surface area contributed by atoms with Crippen LogP contribution >= 0.6 is 23.2 Å². The number of para-hydroxylation sites is 1. The number of nitrogens with one attached hydrogen (secondary N) is 1. The molecule has 0 spiro atoms. The second-order valence-corrected chi connectivity index (χ2v) is 8.04. The molecule has 0 aliphatic heterocycles. The van der Waals surface area contributed by atoms with Crippen molar-refractivity contribution in [3.63, 3.8) is 0 Å². The molecule has 12 heteroatoms. The van der Waals surface area contributed by atoms with Crippen molar-refractivity contribution >= 4 is 52.3 Å². The number of aromatic nitrogens is 5. The fraction of sp³-hybridized carbons (Fsp3) is 0.0909. The summed E-state index contributed by atoms with van der Waals surface area (Å²) >= 11 is 12.3. The number of carbonyl (C=O) groups is 1. The Kier molecular flexibility index (Phi) is 6.44. The topological polar surface area (TPSA) is 149 Å². The molecule has 172 valence electrons. The lowest BCUT2D eigenvalue weighted by Crippen LogP contribution is -2.25. The zero-order valence-corrected chi connectivity index (χ0v) is 19.6. The molecule has 10 nitrogen and oxygen atoms in total. The van der Waals surface area contributed by atoms with Gasteiger partial charge in [-0.25, -0.2) is 0 Å². The Hall–Kier alpha value is -4.02. The Labute approximate surface area is 204 Å². The van der Waals surface area contributed by atoms with Crippen LogP contribution in [-0.4, -0.2) is 36.7 Å². The summed E-state index contributed by atoms with van der Waals surface area (Å²) in [7, 11) is 0. The van der Waals surface area contributed by atoms with Gasteiger partial charge in [-0.2, -0.15) is 0 Å². The Morgan fingerprint density at radius 2 is 1.79 bits per heavy atom. The largest absolute Gasteiger partial charge is 0.393 e. The predicted molar refractivity (Wildman–Crippen MR) is 132 cm³/mol. The van der Waals surface area contributed by atoms with Crippen LogP contribution < -0.4 is 16.8 Å². The molecular weight excluding hydrogens is 477 g/mol. The molecule has 0 atom stereocenters. The van der Waals surface area contributed by atoms with Crippen LogP contribution in [0.1, 0.15) is 11.4 Å². The molecule has 3 heterocycles. The van der Waals surface area contributed by atoms with Crippen molar-refractivity contribution in [2.75, 3.05) is 5.32 Å². The fourth-order valence-corrected chi connectivity index (χ4v) is 3.58. The maximum Gasteiger partial charge on any atom is 0.266 e. The maximum atomic E-state index is 11.7. The summed E-state index contributed by atoms with van der Waals surface area (Å²) in [5.41, 5.74) is 15.0. The molecule has 5 N–H and O–H groups in total. The minimum atomic E-state index is -0.821. The van der Waals surface area contributed by atoms with E-state index in [0.717, 1.165) is 11.4 Å². The van der Waals surface area contributed by atoms with Crippen LogP contribution in [0.25, 0.3) is 17.2 Å². The number of carbonyl (C=O) groups excluding carboxylic acids is 1. The second-order valence-electron chi connectivity index (χ2n) is 7.22. The minimum absolute atomic E-state index is 0.156. The molecule has 0 unspecified atom stereocenters.